The molecule has 23 heavy (non-hydrogen) atoms. The lowest BCUT2D eigenvalue weighted by Crippen LogP contribution is -2.21. The first-order valence-corrected chi connectivity index (χ1v) is 8.11. The van der Waals surface area contributed by atoms with Crippen LogP contribution in [0.4, 0.5) is 10.9 Å². The highest BCUT2D eigenvalue weighted by atomic mass is 32.1. The number of aromatic nitrogens is 3. The molecule has 0 radical (unpaired) electrons. The van der Waals surface area contributed by atoms with E-state index in [2.05, 4.69) is 25.2 Å². The lowest BCUT2D eigenvalue weighted by Gasteiger charge is -2.16. The number of nitrogens with two attached hydrogens (primary N) is 1. The van der Waals surface area contributed by atoms with Gasteiger partial charge in [-0.2, -0.15) is 0 Å². The zero-order valence-electron chi connectivity index (χ0n) is 12.4. The Labute approximate surface area is 136 Å². The summed E-state index contributed by atoms with van der Waals surface area (Å²) in [5.74, 6) is -0.0525. The summed E-state index contributed by atoms with van der Waals surface area (Å²) in [7, 11) is 0. The molecule has 3 N–H and O–H groups in total. The van der Waals surface area contributed by atoms with E-state index >= 15 is 0 Å². The molecule has 0 spiro atoms. The van der Waals surface area contributed by atoms with Gasteiger partial charge in [0.15, 0.2) is 5.13 Å². The van der Waals surface area contributed by atoms with Gasteiger partial charge < -0.3 is 10.6 Å². The van der Waals surface area contributed by atoms with Gasteiger partial charge in [-0.25, -0.2) is 15.0 Å². The van der Waals surface area contributed by atoms with E-state index in [1.165, 1.54) is 17.7 Å². The van der Waals surface area contributed by atoms with E-state index in [4.69, 9.17) is 5.73 Å². The van der Waals surface area contributed by atoms with Crippen molar-refractivity contribution >= 4 is 34.1 Å². The second-order valence-electron chi connectivity index (χ2n) is 5.20. The number of hydrogen-bond acceptors (Lipinski definition) is 7. The van der Waals surface area contributed by atoms with Crippen molar-refractivity contribution in [3.05, 3.63) is 29.2 Å². The molecule has 0 saturated carbocycles. The lowest BCUT2D eigenvalue weighted by molar-refractivity contribution is -0.117. The monoisotopic (exact) mass is 332 g/mol. The van der Waals surface area contributed by atoms with Crippen molar-refractivity contribution in [2.75, 3.05) is 23.3 Å². The van der Waals surface area contributed by atoms with Gasteiger partial charge >= 0.3 is 0 Å². The van der Waals surface area contributed by atoms with Gasteiger partial charge in [0.1, 0.15) is 17.8 Å². The Morgan fingerprint density at radius 1 is 1.30 bits per heavy atom. The molecule has 0 unspecified atom stereocenters. The van der Waals surface area contributed by atoms with Crippen molar-refractivity contribution in [2.45, 2.75) is 19.3 Å². The highest BCUT2D eigenvalue weighted by Gasteiger charge is 2.17. The second kappa shape index (κ2) is 6.69. The van der Waals surface area contributed by atoms with Crippen LogP contribution in [0.3, 0.4) is 0 Å². The Hall–Kier alpha value is -2.55. The van der Waals surface area contributed by atoms with E-state index in [0.29, 0.717) is 10.8 Å². The minimum Gasteiger partial charge on any atom is -0.369 e. The van der Waals surface area contributed by atoms with Gasteiger partial charge in [0.05, 0.1) is 12.1 Å². The number of primary amides is 1. The van der Waals surface area contributed by atoms with Gasteiger partial charge in [-0.1, -0.05) is 0 Å². The molecule has 2 aromatic rings. The third-order valence-corrected chi connectivity index (χ3v) is 4.25. The minimum absolute atomic E-state index is 0.0545. The first kappa shape index (κ1) is 15.3. The summed E-state index contributed by atoms with van der Waals surface area (Å²) in [5, 5.41) is 4.78. The van der Waals surface area contributed by atoms with Crippen molar-refractivity contribution in [1.29, 1.82) is 0 Å². The summed E-state index contributed by atoms with van der Waals surface area (Å²) in [6.07, 6.45) is 3.71. The first-order valence-electron chi connectivity index (χ1n) is 7.23. The average molecular weight is 332 g/mol. The van der Waals surface area contributed by atoms with Crippen molar-refractivity contribution < 1.29 is 9.59 Å². The highest BCUT2D eigenvalue weighted by Crippen LogP contribution is 2.19. The third kappa shape index (κ3) is 3.81. The molecular weight excluding hydrogens is 316 g/mol. The fourth-order valence-corrected chi connectivity index (χ4v) is 3.08. The van der Waals surface area contributed by atoms with Crippen molar-refractivity contribution in [1.82, 2.24) is 15.0 Å². The van der Waals surface area contributed by atoms with Crippen LogP contribution in [0.5, 0.6) is 0 Å². The summed E-state index contributed by atoms with van der Waals surface area (Å²) in [5.41, 5.74) is 5.94. The van der Waals surface area contributed by atoms with Gasteiger partial charge in [-0.3, -0.25) is 14.9 Å². The number of nitrogens with zero attached hydrogens (tertiary/aromatic N) is 4. The maximum Gasteiger partial charge on any atom is 0.276 e. The molecule has 1 fully saturated rings. The van der Waals surface area contributed by atoms with Crippen molar-refractivity contribution in [2.24, 2.45) is 5.73 Å². The molecule has 0 aliphatic carbocycles. The number of thiazole rings is 1. The van der Waals surface area contributed by atoms with E-state index in [1.54, 1.807) is 11.4 Å². The summed E-state index contributed by atoms with van der Waals surface area (Å²) in [6.45, 7) is 1.89. The molecule has 0 atom stereocenters. The van der Waals surface area contributed by atoms with Crippen LogP contribution in [0.15, 0.2) is 17.8 Å². The number of amides is 2. The van der Waals surface area contributed by atoms with Crippen LogP contribution >= 0.6 is 11.3 Å². The van der Waals surface area contributed by atoms with Crippen LogP contribution < -0.4 is 16.0 Å². The van der Waals surface area contributed by atoms with Crippen molar-refractivity contribution in [3.63, 3.8) is 0 Å². The zero-order chi connectivity index (χ0) is 16.2. The quantitative estimate of drug-likeness (QED) is 0.837. The lowest BCUT2D eigenvalue weighted by atomic mass is 10.3. The van der Waals surface area contributed by atoms with Crippen LogP contribution in [-0.4, -0.2) is 39.9 Å². The summed E-state index contributed by atoms with van der Waals surface area (Å²) < 4.78 is 0. The fourth-order valence-electron chi connectivity index (χ4n) is 2.38. The van der Waals surface area contributed by atoms with E-state index in [0.717, 1.165) is 31.7 Å². The van der Waals surface area contributed by atoms with Crippen LogP contribution in [0, 0.1) is 0 Å². The molecular formula is C14H16N6O2S. The molecule has 8 nitrogen and oxygen atoms in total. The second-order valence-corrected chi connectivity index (χ2v) is 6.05. The Bertz CT molecular complexity index is 726. The molecule has 1 saturated heterocycles. The molecule has 120 valence electrons. The number of carbonyl (C=O) groups is 2. The van der Waals surface area contributed by atoms with E-state index < -0.39 is 5.91 Å². The van der Waals surface area contributed by atoms with Gasteiger partial charge in [-0.05, 0) is 12.8 Å². The van der Waals surface area contributed by atoms with Crippen LogP contribution in [0.25, 0.3) is 0 Å². The Morgan fingerprint density at radius 2 is 2.09 bits per heavy atom. The van der Waals surface area contributed by atoms with E-state index in [-0.39, 0.29) is 18.0 Å². The largest absolute Gasteiger partial charge is 0.369 e. The van der Waals surface area contributed by atoms with Gasteiger partial charge in [-0.15, -0.1) is 11.3 Å². The molecule has 1 aliphatic heterocycles. The Morgan fingerprint density at radius 3 is 2.83 bits per heavy atom. The Kier molecular flexibility index (Phi) is 4.47. The average Bonchev–Trinajstić information content (AvgIpc) is 3.19. The standard InChI is InChI=1S/C14H16N6O2S/c15-11(21)5-9-7-23-14(18-9)19-13(22)10-6-12(17-8-16-10)20-3-1-2-4-20/h6-8H,1-5H2,(H2,15,21)(H,18,19,22). The van der Waals surface area contributed by atoms with Gasteiger partial charge in [0.25, 0.3) is 5.91 Å². The third-order valence-electron chi connectivity index (χ3n) is 3.44. The SMILES string of the molecule is NC(=O)Cc1csc(NC(=O)c2cc(N3CCCC3)ncn2)n1. The van der Waals surface area contributed by atoms with E-state index in [1.807, 2.05) is 0 Å². The minimum atomic E-state index is -0.459. The summed E-state index contributed by atoms with van der Waals surface area (Å²) in [6, 6.07) is 1.68. The molecule has 9 heteroatoms. The molecule has 1 aliphatic rings. The molecule has 0 bridgehead atoms. The number of anilines is 2. The molecule has 2 amide bonds. The number of hydrogen-bond donors (Lipinski definition) is 2. The maximum absolute atomic E-state index is 12.3. The number of nitrogens with one attached hydrogen (secondary N) is 1. The van der Waals surface area contributed by atoms with Crippen LogP contribution in [-0.2, 0) is 11.2 Å². The molecule has 3 rings (SSSR count). The first-order chi connectivity index (χ1) is 11.1. The summed E-state index contributed by atoms with van der Waals surface area (Å²) in [4.78, 5) is 37.6. The van der Waals surface area contributed by atoms with E-state index in [9.17, 15) is 9.59 Å². The summed E-state index contributed by atoms with van der Waals surface area (Å²) >= 11 is 1.24. The predicted octanol–water partition coefficient (Wildman–Crippen LogP) is 0.813. The Balaban J connectivity index is 1.69. The van der Waals surface area contributed by atoms with Gasteiger partial charge in [0.2, 0.25) is 5.91 Å². The predicted molar refractivity (Wildman–Crippen MR) is 86.4 cm³/mol. The van der Waals surface area contributed by atoms with Crippen LogP contribution in [0.2, 0.25) is 0 Å². The molecule has 0 aromatic carbocycles. The maximum atomic E-state index is 12.3. The smallest absolute Gasteiger partial charge is 0.276 e. The molecule has 3 heterocycles. The fraction of sp³-hybridized carbons (Fsp3) is 0.357. The van der Waals surface area contributed by atoms with Crippen molar-refractivity contribution in [3.8, 4) is 0 Å². The van der Waals surface area contributed by atoms with Crippen LogP contribution in [0.1, 0.15) is 29.0 Å². The number of carbonyl (C=O) groups excluding carboxylic acids is 2. The topological polar surface area (TPSA) is 114 Å². The number of rotatable bonds is 5. The van der Waals surface area contributed by atoms with Gasteiger partial charge in [0, 0.05) is 24.5 Å². The zero-order valence-corrected chi connectivity index (χ0v) is 13.2. The molecule has 2 aromatic heterocycles. The normalized spacial score (nSPS) is 14.0. The highest BCUT2D eigenvalue weighted by molar-refractivity contribution is 7.14.